The molecule has 0 aromatic carbocycles. The predicted octanol–water partition coefficient (Wildman–Crippen LogP) is -0.113. The van der Waals surface area contributed by atoms with Crippen molar-refractivity contribution in [1.29, 1.82) is 0 Å². The molecule has 3 N–H and O–H groups in total. The van der Waals surface area contributed by atoms with Gasteiger partial charge in [0.05, 0.1) is 0 Å². The van der Waals surface area contributed by atoms with E-state index in [9.17, 15) is 4.79 Å². The molecule has 0 saturated carbocycles. The second-order valence-corrected chi connectivity index (χ2v) is 3.90. The topological polar surface area (TPSA) is 72.9 Å². The Labute approximate surface area is 83.3 Å². The van der Waals surface area contributed by atoms with Crippen LogP contribution in [0.2, 0.25) is 0 Å². The van der Waals surface area contributed by atoms with Gasteiger partial charge < -0.3 is 15.6 Å². The molecule has 1 aromatic heterocycles. The van der Waals surface area contributed by atoms with E-state index in [-0.39, 0.29) is 5.91 Å². The monoisotopic (exact) mass is 196 g/mol. The molecule has 0 atom stereocenters. The largest absolute Gasteiger partial charge is 0.343 e. The molecular weight excluding hydrogens is 180 g/mol. The first-order valence-corrected chi connectivity index (χ1v) is 4.46. The number of rotatable bonds is 3. The third kappa shape index (κ3) is 2.32. The average Bonchev–Trinajstić information content (AvgIpc) is 2.51. The van der Waals surface area contributed by atoms with Crippen molar-refractivity contribution >= 4 is 5.91 Å². The van der Waals surface area contributed by atoms with Crippen molar-refractivity contribution in [1.82, 2.24) is 14.9 Å². The molecule has 0 bridgehead atoms. The van der Waals surface area contributed by atoms with Crippen molar-refractivity contribution in [2.75, 3.05) is 6.54 Å². The van der Waals surface area contributed by atoms with Crippen molar-refractivity contribution in [2.24, 2.45) is 12.8 Å². The molecule has 0 aliphatic heterocycles. The van der Waals surface area contributed by atoms with Crippen LogP contribution >= 0.6 is 0 Å². The van der Waals surface area contributed by atoms with Crippen LogP contribution in [0.4, 0.5) is 0 Å². The minimum absolute atomic E-state index is 0.201. The summed E-state index contributed by atoms with van der Waals surface area (Å²) in [4.78, 5) is 15.6. The molecule has 5 heteroatoms. The molecule has 14 heavy (non-hydrogen) atoms. The molecular formula is C9H16N4O. The van der Waals surface area contributed by atoms with Crippen LogP contribution in [0.15, 0.2) is 12.4 Å². The summed E-state index contributed by atoms with van der Waals surface area (Å²) in [5.41, 5.74) is 5.10. The van der Waals surface area contributed by atoms with E-state index in [2.05, 4.69) is 10.3 Å². The maximum Gasteiger partial charge on any atom is 0.287 e. The van der Waals surface area contributed by atoms with Gasteiger partial charge in [0.25, 0.3) is 5.91 Å². The van der Waals surface area contributed by atoms with Crippen molar-refractivity contribution in [3.63, 3.8) is 0 Å². The van der Waals surface area contributed by atoms with Crippen molar-refractivity contribution < 1.29 is 4.79 Å². The Morgan fingerprint density at radius 2 is 2.36 bits per heavy atom. The molecule has 1 heterocycles. The third-order valence-corrected chi connectivity index (χ3v) is 1.99. The Morgan fingerprint density at radius 3 is 2.79 bits per heavy atom. The van der Waals surface area contributed by atoms with Crippen LogP contribution < -0.4 is 11.1 Å². The molecule has 78 valence electrons. The van der Waals surface area contributed by atoms with Gasteiger partial charge in [-0.1, -0.05) is 0 Å². The van der Waals surface area contributed by atoms with E-state index < -0.39 is 5.54 Å². The number of nitrogens with one attached hydrogen (secondary N) is 1. The van der Waals surface area contributed by atoms with E-state index in [0.717, 1.165) is 0 Å². The molecule has 1 amide bonds. The fraction of sp³-hybridized carbons (Fsp3) is 0.556. The van der Waals surface area contributed by atoms with Gasteiger partial charge in [-0.15, -0.1) is 0 Å². The SMILES string of the molecule is Cn1ccnc1C(=O)NC(C)(C)CN. The molecule has 5 nitrogen and oxygen atoms in total. The lowest BCUT2D eigenvalue weighted by Crippen LogP contribution is -2.49. The average molecular weight is 196 g/mol. The zero-order chi connectivity index (χ0) is 10.8. The zero-order valence-corrected chi connectivity index (χ0v) is 8.74. The van der Waals surface area contributed by atoms with Gasteiger partial charge in [0, 0.05) is 31.5 Å². The highest BCUT2D eigenvalue weighted by molar-refractivity contribution is 5.91. The van der Waals surface area contributed by atoms with Crippen LogP contribution in [-0.4, -0.2) is 27.5 Å². The summed E-state index contributed by atoms with van der Waals surface area (Å²) in [5, 5.41) is 2.80. The van der Waals surface area contributed by atoms with Gasteiger partial charge in [-0.25, -0.2) is 4.98 Å². The molecule has 0 fully saturated rings. The van der Waals surface area contributed by atoms with Crippen molar-refractivity contribution in [3.05, 3.63) is 18.2 Å². The minimum Gasteiger partial charge on any atom is -0.343 e. The second kappa shape index (κ2) is 3.79. The van der Waals surface area contributed by atoms with E-state index in [4.69, 9.17) is 5.73 Å². The smallest absolute Gasteiger partial charge is 0.287 e. The number of imidazole rings is 1. The Hall–Kier alpha value is -1.36. The third-order valence-electron chi connectivity index (χ3n) is 1.99. The van der Waals surface area contributed by atoms with Crippen molar-refractivity contribution in [3.8, 4) is 0 Å². The van der Waals surface area contributed by atoms with Crippen LogP contribution in [0.5, 0.6) is 0 Å². The summed E-state index contributed by atoms with van der Waals surface area (Å²) >= 11 is 0. The van der Waals surface area contributed by atoms with Crippen molar-refractivity contribution in [2.45, 2.75) is 19.4 Å². The summed E-state index contributed by atoms with van der Waals surface area (Å²) in [7, 11) is 1.78. The second-order valence-electron chi connectivity index (χ2n) is 3.90. The summed E-state index contributed by atoms with van der Waals surface area (Å²) in [6.45, 7) is 4.13. The predicted molar refractivity (Wildman–Crippen MR) is 53.8 cm³/mol. The Bertz CT molecular complexity index is 329. The molecule has 1 aromatic rings. The van der Waals surface area contributed by atoms with Gasteiger partial charge in [-0.05, 0) is 13.8 Å². The highest BCUT2D eigenvalue weighted by Crippen LogP contribution is 2.01. The highest BCUT2D eigenvalue weighted by Gasteiger charge is 2.21. The summed E-state index contributed by atoms with van der Waals surface area (Å²) in [6.07, 6.45) is 3.31. The first-order valence-electron chi connectivity index (χ1n) is 4.46. The summed E-state index contributed by atoms with van der Waals surface area (Å²) in [6, 6.07) is 0. The lowest BCUT2D eigenvalue weighted by Gasteiger charge is -2.23. The van der Waals surface area contributed by atoms with Gasteiger partial charge >= 0.3 is 0 Å². The number of hydrogen-bond acceptors (Lipinski definition) is 3. The quantitative estimate of drug-likeness (QED) is 0.708. The molecule has 0 aliphatic rings. The number of nitrogens with two attached hydrogens (primary N) is 1. The molecule has 0 aliphatic carbocycles. The van der Waals surface area contributed by atoms with Crippen LogP contribution in [0, 0.1) is 0 Å². The first-order chi connectivity index (χ1) is 6.46. The lowest BCUT2D eigenvalue weighted by molar-refractivity contribution is 0.0902. The van der Waals surface area contributed by atoms with Gasteiger partial charge in [-0.3, -0.25) is 4.79 Å². The molecule has 0 saturated heterocycles. The summed E-state index contributed by atoms with van der Waals surface area (Å²) < 4.78 is 1.67. The fourth-order valence-corrected chi connectivity index (χ4v) is 0.999. The maximum absolute atomic E-state index is 11.7. The number of aryl methyl sites for hydroxylation is 1. The minimum atomic E-state index is -0.400. The van der Waals surface area contributed by atoms with E-state index in [1.165, 1.54) is 0 Å². The van der Waals surface area contributed by atoms with Crippen LogP contribution in [0.25, 0.3) is 0 Å². The highest BCUT2D eigenvalue weighted by atomic mass is 16.2. The first kappa shape index (κ1) is 10.7. The fourth-order valence-electron chi connectivity index (χ4n) is 0.999. The van der Waals surface area contributed by atoms with Gasteiger partial charge in [0.2, 0.25) is 0 Å². The van der Waals surface area contributed by atoms with Gasteiger partial charge in [-0.2, -0.15) is 0 Å². The standard InChI is InChI=1S/C9H16N4O/c1-9(2,6-10)12-8(14)7-11-4-5-13(7)3/h4-5H,6,10H2,1-3H3,(H,12,14). The molecule has 0 spiro atoms. The Morgan fingerprint density at radius 1 is 1.71 bits per heavy atom. The molecule has 0 unspecified atom stereocenters. The van der Waals surface area contributed by atoms with E-state index in [0.29, 0.717) is 12.4 Å². The van der Waals surface area contributed by atoms with Gasteiger partial charge in [0.15, 0.2) is 5.82 Å². The normalized spacial score (nSPS) is 11.4. The van der Waals surface area contributed by atoms with E-state index in [1.54, 1.807) is 24.0 Å². The van der Waals surface area contributed by atoms with Crippen LogP contribution in [0.3, 0.4) is 0 Å². The molecule has 0 radical (unpaired) electrons. The van der Waals surface area contributed by atoms with E-state index >= 15 is 0 Å². The number of carbonyl (C=O) groups is 1. The van der Waals surface area contributed by atoms with Crippen LogP contribution in [-0.2, 0) is 7.05 Å². The number of amides is 1. The Kier molecular flexibility index (Phi) is 2.90. The van der Waals surface area contributed by atoms with Crippen LogP contribution in [0.1, 0.15) is 24.5 Å². The zero-order valence-electron chi connectivity index (χ0n) is 8.74. The van der Waals surface area contributed by atoms with Gasteiger partial charge in [0.1, 0.15) is 0 Å². The van der Waals surface area contributed by atoms with E-state index in [1.807, 2.05) is 13.8 Å². The number of aromatic nitrogens is 2. The summed E-state index contributed by atoms with van der Waals surface area (Å²) in [5.74, 6) is 0.194. The maximum atomic E-state index is 11.7. The number of carbonyl (C=O) groups excluding carboxylic acids is 1. The lowest BCUT2D eigenvalue weighted by atomic mass is 10.1. The molecule has 1 rings (SSSR count). The number of hydrogen-bond donors (Lipinski definition) is 2. The Balaban J connectivity index is 2.73. The number of nitrogens with zero attached hydrogens (tertiary/aromatic N) is 2.